The van der Waals surface area contributed by atoms with Gasteiger partial charge in [0, 0.05) is 5.56 Å². The van der Waals surface area contributed by atoms with E-state index in [0.717, 1.165) is 0 Å². The predicted molar refractivity (Wildman–Crippen MR) is 103 cm³/mol. The van der Waals surface area contributed by atoms with E-state index in [1.54, 1.807) is 30.5 Å². The van der Waals surface area contributed by atoms with Gasteiger partial charge in [0.25, 0.3) is 0 Å². The number of anilines is 3. The first kappa shape index (κ1) is 19.3. The quantitative estimate of drug-likeness (QED) is 0.326. The fourth-order valence-electron chi connectivity index (χ4n) is 2.77. The SMILES string of the molecule is COC(=O)COc1ccc(C2N=C(NC#N)Nc3nc(N)c(C#N)c(N)c32)cc1. The summed E-state index contributed by atoms with van der Waals surface area (Å²) >= 11 is 0. The zero-order valence-corrected chi connectivity index (χ0v) is 15.3. The molecule has 0 spiro atoms. The molecule has 1 aromatic carbocycles. The Labute approximate surface area is 165 Å². The summed E-state index contributed by atoms with van der Waals surface area (Å²) in [7, 11) is 1.27. The maximum absolute atomic E-state index is 11.2. The summed E-state index contributed by atoms with van der Waals surface area (Å²) in [5.41, 5.74) is 13.4. The lowest BCUT2D eigenvalue weighted by molar-refractivity contribution is -0.142. The number of carbonyl (C=O) groups excluding carboxylic acids is 1. The van der Waals surface area contributed by atoms with Gasteiger partial charge in [-0.05, 0) is 17.7 Å². The number of methoxy groups -OCH3 is 1. The molecule has 0 fully saturated rings. The molecule has 11 heteroatoms. The number of esters is 1. The third-order valence-electron chi connectivity index (χ3n) is 4.14. The number of rotatable bonds is 4. The number of nitrogens with one attached hydrogen (secondary N) is 2. The van der Waals surface area contributed by atoms with Crippen LogP contribution in [-0.4, -0.2) is 30.6 Å². The molecule has 0 saturated heterocycles. The number of nitrogen functional groups attached to an aromatic ring is 2. The molecule has 146 valence electrons. The Hall–Kier alpha value is -4.51. The first-order chi connectivity index (χ1) is 14.0. The summed E-state index contributed by atoms with van der Waals surface area (Å²) in [5, 5.41) is 23.5. The molecule has 3 rings (SSSR count). The number of nitrogens with two attached hydrogens (primary N) is 2. The van der Waals surface area contributed by atoms with Gasteiger partial charge in [0.05, 0.1) is 12.8 Å². The van der Waals surface area contributed by atoms with Crippen molar-refractivity contribution in [3.05, 3.63) is 41.0 Å². The monoisotopic (exact) mass is 392 g/mol. The van der Waals surface area contributed by atoms with Crippen LogP contribution in [0.4, 0.5) is 17.3 Å². The standard InChI is InChI=1S/C18H16N8O3/c1-28-12(27)7-29-10-4-2-9(3-5-10)15-13-14(21)11(6-19)16(22)25-17(13)26-18(24-15)23-8-20/h2-5,15H,7H2,1H3,(H6,21,22,23,24,25,26). The summed E-state index contributed by atoms with van der Waals surface area (Å²) in [5.74, 6) is 0.377. The first-order valence-corrected chi connectivity index (χ1v) is 8.27. The van der Waals surface area contributed by atoms with E-state index in [9.17, 15) is 10.1 Å². The number of benzene rings is 1. The van der Waals surface area contributed by atoms with Gasteiger partial charge < -0.3 is 26.3 Å². The first-order valence-electron chi connectivity index (χ1n) is 8.27. The van der Waals surface area contributed by atoms with Gasteiger partial charge in [-0.3, -0.25) is 5.32 Å². The second-order valence-corrected chi connectivity index (χ2v) is 5.84. The number of aromatic nitrogens is 1. The number of carbonyl (C=O) groups is 1. The lowest BCUT2D eigenvalue weighted by atomic mass is 9.95. The van der Waals surface area contributed by atoms with Crippen molar-refractivity contribution in [2.45, 2.75) is 6.04 Å². The van der Waals surface area contributed by atoms with Crippen molar-refractivity contribution >= 4 is 29.3 Å². The molecule has 1 atom stereocenters. The van der Waals surface area contributed by atoms with Gasteiger partial charge in [-0.1, -0.05) is 12.1 Å². The van der Waals surface area contributed by atoms with Crippen LogP contribution in [0.25, 0.3) is 0 Å². The number of aliphatic imine (C=N–C) groups is 1. The molecule has 11 nitrogen and oxygen atoms in total. The van der Waals surface area contributed by atoms with Crippen LogP contribution in [0.2, 0.25) is 0 Å². The van der Waals surface area contributed by atoms with Gasteiger partial charge in [0.15, 0.2) is 12.8 Å². The number of guanidine groups is 1. The highest BCUT2D eigenvalue weighted by molar-refractivity contribution is 5.98. The lowest BCUT2D eigenvalue weighted by Gasteiger charge is -2.26. The van der Waals surface area contributed by atoms with Crippen molar-refractivity contribution in [3.8, 4) is 18.0 Å². The normalized spacial score (nSPS) is 14.3. The van der Waals surface area contributed by atoms with E-state index < -0.39 is 12.0 Å². The summed E-state index contributed by atoms with van der Waals surface area (Å²) in [6.45, 7) is -0.220. The number of hydrogen-bond acceptors (Lipinski definition) is 11. The second kappa shape index (κ2) is 8.02. The van der Waals surface area contributed by atoms with E-state index in [2.05, 4.69) is 25.3 Å². The Morgan fingerprint density at radius 2 is 2.03 bits per heavy atom. The molecule has 0 bridgehead atoms. The summed E-state index contributed by atoms with van der Waals surface area (Å²) in [4.78, 5) is 19.8. The molecule has 2 heterocycles. The molecule has 0 aliphatic carbocycles. The smallest absolute Gasteiger partial charge is 0.343 e. The van der Waals surface area contributed by atoms with Gasteiger partial charge >= 0.3 is 5.97 Å². The Balaban J connectivity index is 2.01. The average Bonchev–Trinajstić information content (AvgIpc) is 2.72. The number of hydrogen-bond donors (Lipinski definition) is 4. The van der Waals surface area contributed by atoms with Crippen LogP contribution >= 0.6 is 0 Å². The molecule has 29 heavy (non-hydrogen) atoms. The van der Waals surface area contributed by atoms with E-state index in [0.29, 0.717) is 22.7 Å². The third-order valence-corrected chi connectivity index (χ3v) is 4.14. The zero-order valence-electron chi connectivity index (χ0n) is 15.3. The molecule has 0 radical (unpaired) electrons. The predicted octanol–water partition coefficient (Wildman–Crippen LogP) is 0.611. The molecule has 2 aromatic rings. The largest absolute Gasteiger partial charge is 0.482 e. The topological polar surface area (TPSA) is 184 Å². The molecular weight excluding hydrogens is 376 g/mol. The number of fused-ring (bicyclic) bond motifs is 1. The Morgan fingerprint density at radius 1 is 1.31 bits per heavy atom. The molecular formula is C18H16N8O3. The van der Waals surface area contributed by atoms with Crippen molar-refractivity contribution in [3.63, 3.8) is 0 Å². The van der Waals surface area contributed by atoms with Gasteiger partial charge in [0.1, 0.15) is 35.1 Å². The Morgan fingerprint density at radius 3 is 2.66 bits per heavy atom. The highest BCUT2D eigenvalue weighted by atomic mass is 16.6. The summed E-state index contributed by atoms with van der Waals surface area (Å²) in [6, 6.07) is 8.04. The van der Waals surface area contributed by atoms with E-state index in [1.807, 2.05) is 6.07 Å². The van der Waals surface area contributed by atoms with Crippen molar-refractivity contribution in [1.82, 2.24) is 10.3 Å². The molecule has 6 N–H and O–H groups in total. The maximum Gasteiger partial charge on any atom is 0.343 e. The minimum Gasteiger partial charge on any atom is -0.482 e. The van der Waals surface area contributed by atoms with Crippen LogP contribution in [0.5, 0.6) is 5.75 Å². The maximum atomic E-state index is 11.2. The Bertz CT molecular complexity index is 1070. The lowest BCUT2D eigenvalue weighted by Crippen LogP contribution is -2.32. The van der Waals surface area contributed by atoms with Gasteiger partial charge in [-0.2, -0.15) is 10.5 Å². The average molecular weight is 392 g/mol. The van der Waals surface area contributed by atoms with E-state index in [-0.39, 0.29) is 29.6 Å². The third kappa shape index (κ3) is 3.79. The molecule has 1 unspecified atom stereocenters. The van der Waals surface area contributed by atoms with Crippen LogP contribution in [0, 0.1) is 22.8 Å². The van der Waals surface area contributed by atoms with Gasteiger partial charge in [0.2, 0.25) is 5.96 Å². The molecule has 0 saturated carbocycles. The van der Waals surface area contributed by atoms with E-state index in [1.165, 1.54) is 7.11 Å². The van der Waals surface area contributed by atoms with Crippen molar-refractivity contribution in [2.75, 3.05) is 30.5 Å². The van der Waals surface area contributed by atoms with E-state index in [4.69, 9.17) is 21.5 Å². The number of nitrogens with zero attached hydrogens (tertiary/aromatic N) is 4. The minimum atomic E-state index is -0.656. The van der Waals surface area contributed by atoms with Crippen LogP contribution < -0.4 is 26.8 Å². The Kier molecular flexibility index (Phi) is 5.33. The zero-order chi connectivity index (χ0) is 21.0. The van der Waals surface area contributed by atoms with Crippen molar-refractivity contribution in [2.24, 2.45) is 4.99 Å². The van der Waals surface area contributed by atoms with Crippen LogP contribution in [0.1, 0.15) is 22.7 Å². The second-order valence-electron chi connectivity index (χ2n) is 5.84. The van der Waals surface area contributed by atoms with Gasteiger partial charge in [-0.25, -0.2) is 14.8 Å². The van der Waals surface area contributed by atoms with Crippen LogP contribution in [-0.2, 0) is 9.53 Å². The number of pyridine rings is 1. The summed E-state index contributed by atoms with van der Waals surface area (Å²) < 4.78 is 9.86. The highest BCUT2D eigenvalue weighted by Crippen LogP contribution is 2.40. The molecule has 1 aliphatic rings. The molecule has 0 amide bonds. The minimum absolute atomic E-state index is 0.0280. The fraction of sp³-hybridized carbons (Fsp3) is 0.167. The summed E-state index contributed by atoms with van der Waals surface area (Å²) in [6.07, 6.45) is 1.78. The van der Waals surface area contributed by atoms with Crippen LogP contribution in [0.15, 0.2) is 29.3 Å². The fourth-order valence-corrected chi connectivity index (χ4v) is 2.77. The molecule has 1 aliphatic heterocycles. The van der Waals surface area contributed by atoms with Crippen molar-refractivity contribution < 1.29 is 14.3 Å². The number of ether oxygens (including phenoxy) is 2. The molecule has 1 aromatic heterocycles. The van der Waals surface area contributed by atoms with E-state index >= 15 is 0 Å². The highest BCUT2D eigenvalue weighted by Gasteiger charge is 2.29. The number of nitriles is 2. The van der Waals surface area contributed by atoms with Crippen LogP contribution in [0.3, 0.4) is 0 Å². The van der Waals surface area contributed by atoms with Gasteiger partial charge in [-0.15, -0.1) is 0 Å². The van der Waals surface area contributed by atoms with Crippen molar-refractivity contribution in [1.29, 1.82) is 10.5 Å².